The van der Waals surface area contributed by atoms with Crippen LogP contribution in [0.1, 0.15) is 33.1 Å². The molecule has 3 nitrogen and oxygen atoms in total. The molecule has 1 unspecified atom stereocenters. The van der Waals surface area contributed by atoms with Crippen LogP contribution in [0.25, 0.3) is 0 Å². The van der Waals surface area contributed by atoms with Crippen molar-refractivity contribution >= 4 is 0 Å². The van der Waals surface area contributed by atoms with E-state index in [-0.39, 0.29) is 5.60 Å². The first-order chi connectivity index (χ1) is 7.20. The van der Waals surface area contributed by atoms with Crippen LogP contribution in [-0.4, -0.2) is 37.9 Å². The summed E-state index contributed by atoms with van der Waals surface area (Å²) in [5.41, 5.74) is 0.152. The van der Waals surface area contributed by atoms with Gasteiger partial charge in [0, 0.05) is 12.6 Å². The second-order valence-electron chi connectivity index (χ2n) is 5.45. The number of morpholine rings is 1. The Labute approximate surface area is 93.0 Å². The molecule has 2 aliphatic rings. The van der Waals surface area contributed by atoms with Crippen molar-refractivity contribution in [1.82, 2.24) is 10.6 Å². The van der Waals surface area contributed by atoms with Gasteiger partial charge in [0.1, 0.15) is 0 Å². The topological polar surface area (TPSA) is 33.3 Å². The van der Waals surface area contributed by atoms with Gasteiger partial charge in [0.2, 0.25) is 0 Å². The molecular weight excluding hydrogens is 188 g/mol. The van der Waals surface area contributed by atoms with E-state index in [1.54, 1.807) is 0 Å². The molecule has 0 aromatic carbocycles. The van der Waals surface area contributed by atoms with Gasteiger partial charge < -0.3 is 15.4 Å². The highest BCUT2D eigenvalue weighted by Crippen LogP contribution is 2.26. The smallest absolute Gasteiger partial charge is 0.0831 e. The molecule has 0 aromatic heterocycles. The first-order valence-electron chi connectivity index (χ1n) is 6.28. The van der Waals surface area contributed by atoms with Crippen LogP contribution in [0, 0.1) is 5.92 Å². The average molecular weight is 212 g/mol. The fraction of sp³-hybridized carbons (Fsp3) is 1.00. The highest BCUT2D eigenvalue weighted by atomic mass is 16.5. The molecule has 0 bridgehead atoms. The summed E-state index contributed by atoms with van der Waals surface area (Å²) in [4.78, 5) is 0. The third-order valence-electron chi connectivity index (χ3n) is 3.57. The van der Waals surface area contributed by atoms with Crippen molar-refractivity contribution in [3.63, 3.8) is 0 Å². The summed E-state index contributed by atoms with van der Waals surface area (Å²) in [5.74, 6) is 0.758. The molecule has 2 N–H and O–H groups in total. The molecule has 88 valence electrons. The van der Waals surface area contributed by atoms with Gasteiger partial charge in [0.05, 0.1) is 12.2 Å². The minimum absolute atomic E-state index is 0.152. The summed E-state index contributed by atoms with van der Waals surface area (Å²) in [6, 6.07) is 0.575. The molecule has 3 heteroatoms. The van der Waals surface area contributed by atoms with Crippen LogP contribution in [0.15, 0.2) is 0 Å². The van der Waals surface area contributed by atoms with Crippen LogP contribution >= 0.6 is 0 Å². The zero-order valence-electron chi connectivity index (χ0n) is 10.0. The summed E-state index contributed by atoms with van der Waals surface area (Å²) in [6.45, 7) is 8.71. The Hall–Kier alpha value is -0.120. The number of hydrogen-bond acceptors (Lipinski definition) is 3. The van der Waals surface area contributed by atoms with Gasteiger partial charge in [-0.05, 0) is 38.3 Å². The van der Waals surface area contributed by atoms with Gasteiger partial charge in [-0.3, -0.25) is 0 Å². The Morgan fingerprint density at radius 1 is 1.33 bits per heavy atom. The largest absolute Gasteiger partial charge is 0.372 e. The molecule has 0 aromatic rings. The molecule has 0 saturated carbocycles. The summed E-state index contributed by atoms with van der Waals surface area (Å²) in [6.07, 6.45) is 3.55. The molecule has 2 rings (SSSR count). The maximum atomic E-state index is 6.12. The Morgan fingerprint density at radius 3 is 2.60 bits per heavy atom. The number of hydrogen-bond donors (Lipinski definition) is 2. The molecule has 2 aliphatic heterocycles. The van der Waals surface area contributed by atoms with Gasteiger partial charge in [0.15, 0.2) is 0 Å². The lowest BCUT2D eigenvalue weighted by Crippen LogP contribution is -2.58. The van der Waals surface area contributed by atoms with E-state index in [4.69, 9.17) is 4.74 Å². The molecule has 2 saturated heterocycles. The van der Waals surface area contributed by atoms with Gasteiger partial charge in [-0.1, -0.05) is 13.8 Å². The zero-order chi connectivity index (χ0) is 10.7. The van der Waals surface area contributed by atoms with E-state index >= 15 is 0 Å². The number of nitrogens with one attached hydrogen (secondary N) is 2. The van der Waals surface area contributed by atoms with Crippen molar-refractivity contribution < 1.29 is 4.74 Å². The van der Waals surface area contributed by atoms with E-state index in [1.807, 2.05) is 0 Å². The Balaban J connectivity index is 1.80. The predicted octanol–water partition coefficient (Wildman–Crippen LogP) is 1.14. The van der Waals surface area contributed by atoms with E-state index in [9.17, 15) is 0 Å². The monoisotopic (exact) mass is 212 g/mol. The van der Waals surface area contributed by atoms with Crippen molar-refractivity contribution in [3.05, 3.63) is 0 Å². The average Bonchev–Trinajstić information content (AvgIpc) is 2.23. The van der Waals surface area contributed by atoms with Gasteiger partial charge in [-0.2, -0.15) is 0 Å². The summed E-state index contributed by atoms with van der Waals surface area (Å²) in [7, 11) is 0. The Kier molecular flexibility index (Phi) is 3.65. The number of rotatable bonds is 2. The maximum absolute atomic E-state index is 6.12. The van der Waals surface area contributed by atoms with E-state index in [0.717, 1.165) is 45.0 Å². The van der Waals surface area contributed by atoms with Gasteiger partial charge in [0.25, 0.3) is 0 Å². The third-order valence-corrected chi connectivity index (χ3v) is 3.57. The molecule has 2 fully saturated rings. The molecule has 1 atom stereocenters. The van der Waals surface area contributed by atoms with E-state index in [1.165, 1.54) is 6.42 Å². The SMILES string of the molecule is CC(C)CC1COC2(CCNCC2)CN1. The second kappa shape index (κ2) is 4.81. The van der Waals surface area contributed by atoms with Crippen LogP contribution in [-0.2, 0) is 4.74 Å². The minimum atomic E-state index is 0.152. The van der Waals surface area contributed by atoms with Crippen LogP contribution in [0.2, 0.25) is 0 Å². The highest BCUT2D eigenvalue weighted by molar-refractivity contribution is 4.93. The summed E-state index contributed by atoms with van der Waals surface area (Å²) < 4.78 is 6.12. The van der Waals surface area contributed by atoms with Gasteiger partial charge in [-0.15, -0.1) is 0 Å². The molecule has 1 spiro atoms. The Bertz CT molecular complexity index is 190. The first kappa shape index (κ1) is 11.4. The van der Waals surface area contributed by atoms with Crippen molar-refractivity contribution in [1.29, 1.82) is 0 Å². The van der Waals surface area contributed by atoms with Gasteiger partial charge in [-0.25, -0.2) is 0 Å². The molecular formula is C12H24N2O. The van der Waals surface area contributed by atoms with E-state index in [2.05, 4.69) is 24.5 Å². The number of ether oxygens (including phenoxy) is 1. The molecule has 2 heterocycles. The van der Waals surface area contributed by atoms with Crippen molar-refractivity contribution in [3.8, 4) is 0 Å². The van der Waals surface area contributed by atoms with Crippen molar-refractivity contribution in [2.75, 3.05) is 26.2 Å². The second-order valence-corrected chi connectivity index (χ2v) is 5.45. The number of piperidine rings is 1. The van der Waals surface area contributed by atoms with Crippen LogP contribution in [0.4, 0.5) is 0 Å². The van der Waals surface area contributed by atoms with Crippen LogP contribution in [0.5, 0.6) is 0 Å². The lowest BCUT2D eigenvalue weighted by molar-refractivity contribution is -0.101. The molecule has 15 heavy (non-hydrogen) atoms. The fourth-order valence-electron chi connectivity index (χ4n) is 2.64. The van der Waals surface area contributed by atoms with Crippen LogP contribution in [0.3, 0.4) is 0 Å². The lowest BCUT2D eigenvalue weighted by atomic mass is 9.89. The minimum Gasteiger partial charge on any atom is -0.372 e. The van der Waals surface area contributed by atoms with E-state index in [0.29, 0.717) is 6.04 Å². The predicted molar refractivity (Wildman–Crippen MR) is 62.0 cm³/mol. The van der Waals surface area contributed by atoms with Crippen molar-refractivity contribution in [2.45, 2.75) is 44.8 Å². The van der Waals surface area contributed by atoms with Crippen LogP contribution < -0.4 is 10.6 Å². The normalized spacial score (nSPS) is 31.0. The fourth-order valence-corrected chi connectivity index (χ4v) is 2.64. The molecule has 0 radical (unpaired) electrons. The quantitative estimate of drug-likeness (QED) is 0.720. The molecule has 0 aliphatic carbocycles. The zero-order valence-corrected chi connectivity index (χ0v) is 10.0. The maximum Gasteiger partial charge on any atom is 0.0831 e. The molecule has 0 amide bonds. The van der Waals surface area contributed by atoms with Crippen molar-refractivity contribution in [2.24, 2.45) is 5.92 Å². The third kappa shape index (κ3) is 2.92. The first-order valence-corrected chi connectivity index (χ1v) is 6.28. The van der Waals surface area contributed by atoms with Gasteiger partial charge >= 0.3 is 0 Å². The highest BCUT2D eigenvalue weighted by Gasteiger charge is 2.37. The standard InChI is InChI=1S/C12H24N2O/c1-10(2)7-11-8-15-12(9-14-11)3-5-13-6-4-12/h10-11,13-14H,3-9H2,1-2H3. The summed E-state index contributed by atoms with van der Waals surface area (Å²) >= 11 is 0. The van der Waals surface area contributed by atoms with E-state index < -0.39 is 0 Å². The summed E-state index contributed by atoms with van der Waals surface area (Å²) in [5, 5.41) is 7.05. The lowest BCUT2D eigenvalue weighted by Gasteiger charge is -2.43. The Morgan fingerprint density at radius 2 is 2.07 bits per heavy atom.